The number of nitrogens with one attached hydrogen (secondary N) is 1. The van der Waals surface area contributed by atoms with Crippen LogP contribution in [0.4, 0.5) is 21.6 Å². The molecule has 5 rings (SSSR count). The fourth-order valence-electron chi connectivity index (χ4n) is 4.37. The maximum atomic E-state index is 15.2. The molecule has 1 saturated heterocycles. The molecular weight excluding hydrogens is 417 g/mol. The van der Waals surface area contributed by atoms with Crippen molar-refractivity contribution in [2.75, 3.05) is 36.0 Å². The van der Waals surface area contributed by atoms with Crippen LogP contribution in [-0.2, 0) is 27.8 Å². The highest BCUT2D eigenvalue weighted by atomic mass is 19.1. The van der Waals surface area contributed by atoms with E-state index in [4.69, 9.17) is 10.5 Å². The van der Waals surface area contributed by atoms with Gasteiger partial charge in [0.1, 0.15) is 11.6 Å². The van der Waals surface area contributed by atoms with Crippen molar-refractivity contribution < 1.29 is 18.7 Å². The maximum absolute atomic E-state index is 15.2. The van der Waals surface area contributed by atoms with Gasteiger partial charge in [0.2, 0.25) is 0 Å². The molecule has 0 radical (unpaired) electrons. The third-order valence-electron chi connectivity index (χ3n) is 5.75. The molecule has 3 aromatic rings. The van der Waals surface area contributed by atoms with Gasteiger partial charge in [-0.3, -0.25) is 14.4 Å². The molecular formula is C21H22FN7O3. The molecule has 1 unspecified atom stereocenters. The van der Waals surface area contributed by atoms with Crippen LogP contribution in [0.2, 0.25) is 0 Å². The molecule has 3 N–H and O–H groups in total. The first-order chi connectivity index (χ1) is 15.4. The minimum absolute atomic E-state index is 0.177. The average molecular weight is 439 g/mol. The maximum Gasteiger partial charge on any atom is 0.398 e. The molecule has 1 aromatic carbocycles. The number of piperazine rings is 1. The van der Waals surface area contributed by atoms with Crippen LogP contribution in [0.1, 0.15) is 5.56 Å². The van der Waals surface area contributed by atoms with E-state index in [0.29, 0.717) is 11.3 Å². The third kappa shape index (κ3) is 3.40. The number of hydrogen-bond acceptors (Lipinski definition) is 8. The molecule has 32 heavy (non-hydrogen) atoms. The molecule has 1 fully saturated rings. The van der Waals surface area contributed by atoms with E-state index in [1.807, 2.05) is 6.07 Å². The summed E-state index contributed by atoms with van der Waals surface area (Å²) in [5.41, 5.74) is 7.56. The van der Waals surface area contributed by atoms with Crippen molar-refractivity contribution in [1.82, 2.24) is 20.1 Å². The summed E-state index contributed by atoms with van der Waals surface area (Å²) in [4.78, 5) is 31.6. The zero-order valence-electron chi connectivity index (χ0n) is 17.4. The first kappa shape index (κ1) is 20.2. The van der Waals surface area contributed by atoms with Gasteiger partial charge in [0.25, 0.3) is 0 Å². The van der Waals surface area contributed by atoms with Gasteiger partial charge in [0.05, 0.1) is 11.2 Å². The highest BCUT2D eigenvalue weighted by Crippen LogP contribution is 2.43. The van der Waals surface area contributed by atoms with Crippen LogP contribution in [-0.4, -0.2) is 59.0 Å². The normalized spacial score (nSPS) is 18.1. The first-order valence-electron chi connectivity index (χ1n) is 10.3. The Bertz CT molecular complexity index is 1220. The van der Waals surface area contributed by atoms with E-state index in [-0.39, 0.29) is 12.1 Å². The molecule has 166 valence electrons. The van der Waals surface area contributed by atoms with Crippen LogP contribution in [0.3, 0.4) is 0 Å². The fraction of sp³-hybridized carbons (Fsp3) is 0.333. The quantitative estimate of drug-likeness (QED) is 0.449. The standard InChI is InChI=1S/C21H22FN7O3/c1-27-11-12-8-17(14(22)10-15(12)26-27)29-18(32-21(31)19(23)30)9-13-16(2-3-25-20(13)29)28-6-4-24-5-7-28/h2-3,8,10-11,18,24H,4-7,9H2,1H3,(H2,23,30). The Morgan fingerprint density at radius 1 is 1.25 bits per heavy atom. The lowest BCUT2D eigenvalue weighted by atomic mass is 10.1. The monoisotopic (exact) mass is 439 g/mol. The molecule has 0 saturated carbocycles. The smallest absolute Gasteiger partial charge is 0.398 e. The largest absolute Gasteiger partial charge is 0.434 e. The number of hydrogen-bond donors (Lipinski definition) is 2. The molecule has 4 heterocycles. The highest BCUT2D eigenvalue weighted by Gasteiger charge is 2.39. The van der Waals surface area contributed by atoms with E-state index in [0.717, 1.165) is 42.8 Å². The zero-order chi connectivity index (χ0) is 22.4. The Balaban J connectivity index is 1.63. The number of fused-ring (bicyclic) bond motifs is 2. The number of pyridine rings is 1. The summed E-state index contributed by atoms with van der Waals surface area (Å²) in [6, 6.07) is 4.87. The van der Waals surface area contributed by atoms with Crippen molar-refractivity contribution in [3.8, 4) is 0 Å². The van der Waals surface area contributed by atoms with E-state index in [2.05, 4.69) is 20.3 Å². The number of carbonyl (C=O) groups is 2. The number of esters is 1. The number of aryl methyl sites for hydroxylation is 1. The number of aromatic nitrogens is 3. The lowest BCUT2D eigenvalue weighted by Crippen LogP contribution is -2.43. The summed E-state index contributed by atoms with van der Waals surface area (Å²) in [6.07, 6.45) is 2.70. The Hall–Kier alpha value is -3.73. The lowest BCUT2D eigenvalue weighted by Gasteiger charge is -2.31. The number of carbonyl (C=O) groups excluding carboxylic acids is 2. The first-order valence-corrected chi connectivity index (χ1v) is 10.3. The topological polar surface area (TPSA) is 119 Å². The predicted octanol–water partition coefficient (Wildman–Crippen LogP) is 0.566. The number of halogens is 1. The molecule has 1 atom stereocenters. The number of amides is 1. The van der Waals surface area contributed by atoms with Gasteiger partial charge in [0, 0.05) is 74.7 Å². The summed E-state index contributed by atoms with van der Waals surface area (Å²) in [5, 5.41) is 8.27. The summed E-state index contributed by atoms with van der Waals surface area (Å²) in [5.74, 6) is -2.46. The van der Waals surface area contributed by atoms with Crippen LogP contribution in [0, 0.1) is 5.82 Å². The lowest BCUT2D eigenvalue weighted by molar-refractivity contribution is -0.157. The number of nitrogens with two attached hydrogens (primary N) is 1. The Kier molecular flexibility index (Phi) is 4.89. The SMILES string of the molecule is Cn1cc2cc(N3c4nccc(N5CCNCC5)c4CC3OC(=O)C(N)=O)c(F)cc2n1. The minimum Gasteiger partial charge on any atom is -0.434 e. The number of benzene rings is 1. The van der Waals surface area contributed by atoms with Crippen LogP contribution in [0.5, 0.6) is 0 Å². The van der Waals surface area contributed by atoms with E-state index in [1.54, 1.807) is 30.2 Å². The van der Waals surface area contributed by atoms with Crippen molar-refractivity contribution >= 4 is 40.0 Å². The van der Waals surface area contributed by atoms with Crippen LogP contribution in [0.15, 0.2) is 30.6 Å². The number of nitrogens with zero attached hydrogens (tertiary/aromatic N) is 5. The van der Waals surface area contributed by atoms with Crippen molar-refractivity contribution in [2.45, 2.75) is 12.6 Å². The van der Waals surface area contributed by atoms with Crippen LogP contribution >= 0.6 is 0 Å². The van der Waals surface area contributed by atoms with E-state index >= 15 is 4.39 Å². The van der Waals surface area contributed by atoms with Gasteiger partial charge in [-0.15, -0.1) is 0 Å². The second-order valence-corrected chi connectivity index (χ2v) is 7.83. The van der Waals surface area contributed by atoms with Gasteiger partial charge >= 0.3 is 11.9 Å². The van der Waals surface area contributed by atoms with Gasteiger partial charge in [-0.05, 0) is 12.1 Å². The van der Waals surface area contributed by atoms with E-state index in [9.17, 15) is 9.59 Å². The number of ether oxygens (including phenoxy) is 1. The third-order valence-corrected chi connectivity index (χ3v) is 5.75. The van der Waals surface area contributed by atoms with Crippen LogP contribution in [0.25, 0.3) is 10.9 Å². The second-order valence-electron chi connectivity index (χ2n) is 7.83. The Labute approximate surface area is 182 Å². The molecule has 1 amide bonds. The minimum atomic E-state index is -1.21. The molecule has 2 aliphatic heterocycles. The van der Waals surface area contributed by atoms with E-state index in [1.165, 1.54) is 11.0 Å². The van der Waals surface area contributed by atoms with E-state index < -0.39 is 23.9 Å². The molecule has 0 aliphatic carbocycles. The Morgan fingerprint density at radius 3 is 2.78 bits per heavy atom. The number of primary amides is 1. The van der Waals surface area contributed by atoms with Gasteiger partial charge in [-0.25, -0.2) is 14.2 Å². The van der Waals surface area contributed by atoms with Crippen molar-refractivity contribution in [3.63, 3.8) is 0 Å². The number of rotatable bonds is 3. The molecule has 2 aliphatic rings. The average Bonchev–Trinajstić information content (AvgIpc) is 3.32. The number of anilines is 3. The van der Waals surface area contributed by atoms with Crippen molar-refractivity contribution in [3.05, 3.63) is 42.0 Å². The summed E-state index contributed by atoms with van der Waals surface area (Å²) >= 11 is 0. The molecule has 2 aromatic heterocycles. The summed E-state index contributed by atoms with van der Waals surface area (Å²) < 4.78 is 22.2. The summed E-state index contributed by atoms with van der Waals surface area (Å²) in [7, 11) is 1.75. The summed E-state index contributed by atoms with van der Waals surface area (Å²) in [6.45, 7) is 3.29. The van der Waals surface area contributed by atoms with Gasteiger partial charge in [-0.1, -0.05) is 0 Å². The van der Waals surface area contributed by atoms with Crippen molar-refractivity contribution in [1.29, 1.82) is 0 Å². The zero-order valence-corrected chi connectivity index (χ0v) is 17.4. The van der Waals surface area contributed by atoms with Crippen LogP contribution < -0.4 is 20.9 Å². The highest BCUT2D eigenvalue weighted by molar-refractivity contribution is 6.31. The second kappa shape index (κ2) is 7.75. The van der Waals surface area contributed by atoms with Gasteiger partial charge < -0.3 is 20.7 Å². The molecule has 0 spiro atoms. The Morgan fingerprint density at radius 2 is 2.03 bits per heavy atom. The molecule has 11 heteroatoms. The van der Waals surface area contributed by atoms with Gasteiger partial charge in [-0.2, -0.15) is 5.10 Å². The van der Waals surface area contributed by atoms with Crippen molar-refractivity contribution in [2.24, 2.45) is 12.8 Å². The molecule has 0 bridgehead atoms. The van der Waals surface area contributed by atoms with Gasteiger partial charge in [0.15, 0.2) is 6.23 Å². The molecule has 10 nitrogen and oxygen atoms in total. The fourth-order valence-corrected chi connectivity index (χ4v) is 4.37. The predicted molar refractivity (Wildman–Crippen MR) is 115 cm³/mol.